The smallest absolute Gasteiger partial charge is 0.244 e. The minimum atomic E-state index is -1.37. The largest absolute Gasteiger partial charge is 0.368 e. The Kier molecular flexibility index (Phi) is 22.5. The number of pyridine rings is 1. The zero-order valence-electron chi connectivity index (χ0n) is 47.5. The molecule has 0 aliphatic carbocycles. The van der Waals surface area contributed by atoms with Crippen LogP contribution in [-0.2, 0) is 64.0 Å². The molecule has 22 heteroatoms. The van der Waals surface area contributed by atoms with Crippen molar-refractivity contribution in [3.63, 3.8) is 0 Å². The van der Waals surface area contributed by atoms with Crippen LogP contribution >= 0.6 is 21.6 Å². The summed E-state index contributed by atoms with van der Waals surface area (Å²) < 4.78 is 0. The number of aromatic nitrogens is 2. The van der Waals surface area contributed by atoms with Gasteiger partial charge in [0.25, 0.3) is 0 Å². The van der Waals surface area contributed by atoms with Crippen LogP contribution in [0.2, 0.25) is 0 Å². The molecule has 2 aromatic heterocycles. The van der Waals surface area contributed by atoms with E-state index in [1.807, 2.05) is 123 Å². The second-order valence-corrected chi connectivity index (χ2v) is 24.4. The van der Waals surface area contributed by atoms with Gasteiger partial charge in [-0.2, -0.15) is 0 Å². The van der Waals surface area contributed by atoms with Crippen molar-refractivity contribution in [2.75, 3.05) is 18.1 Å². The zero-order chi connectivity index (χ0) is 60.4. The molecule has 20 nitrogen and oxygen atoms in total. The van der Waals surface area contributed by atoms with Crippen molar-refractivity contribution in [2.45, 2.75) is 114 Å². The van der Waals surface area contributed by atoms with E-state index < -0.39 is 95.6 Å². The lowest BCUT2D eigenvalue weighted by Crippen LogP contribution is -2.61. The Hall–Kier alpha value is -8.31. The fourth-order valence-electron chi connectivity index (χ4n) is 10.2. The molecule has 8 atom stereocenters. The molecular weight excluding hydrogens is 1120 g/mol. The van der Waals surface area contributed by atoms with Gasteiger partial charge >= 0.3 is 0 Å². The quantitative estimate of drug-likeness (QED) is 0.0405. The van der Waals surface area contributed by atoms with E-state index in [9.17, 15) is 38.4 Å². The second kappa shape index (κ2) is 30.5. The molecule has 0 radical (unpaired) electrons. The van der Waals surface area contributed by atoms with E-state index in [1.165, 1.54) is 0 Å². The Labute approximate surface area is 501 Å². The van der Waals surface area contributed by atoms with Gasteiger partial charge < -0.3 is 59.4 Å². The number of amides is 8. The standard InChI is InChI=1S/C63H74N12O8S2/c1-37(2)26-51-59(79)75-55(62(82)70-50(56(66)76)30-39-21-23-42-14-4-6-16-44(42)28-39)36-85-84-35-54(74-57(77)47(65)29-38-20-22-41-13-3-5-15-43(41)27-38)63(83)72-52(31-40-12-11-25-67-33-40)60(80)73-53(32-45-34-68-48-18-8-7-17-46(45)48)61(81)69-49(58(78)71-51)19-9-10-24-64/h3-8,11-18,20-23,25,27-28,33-34,37,47,49-55,68H,9-10,19,24,26,29-32,35-36,64-65H2,1-2H3,(H2,66,76)(H,69,81)(H,70,82)(H,71,78)(H,72,83)(H,73,80)(H,74,77)(H,75,79)/t47-,49-,50-,51-,52-,53+,54+,55-/m0/s1. The summed E-state index contributed by atoms with van der Waals surface area (Å²) in [5.41, 5.74) is 21.9. The predicted octanol–water partition coefficient (Wildman–Crippen LogP) is 3.92. The Bertz CT molecular complexity index is 3490. The van der Waals surface area contributed by atoms with E-state index in [2.05, 4.69) is 47.2 Å². The number of rotatable bonds is 19. The lowest BCUT2D eigenvalue weighted by Gasteiger charge is -2.29. The highest BCUT2D eigenvalue weighted by Crippen LogP contribution is 2.25. The minimum Gasteiger partial charge on any atom is -0.368 e. The van der Waals surface area contributed by atoms with Crippen molar-refractivity contribution in [3.8, 4) is 0 Å². The monoisotopic (exact) mass is 1190 g/mol. The van der Waals surface area contributed by atoms with Crippen LogP contribution in [0.4, 0.5) is 0 Å². The molecule has 0 spiro atoms. The minimum absolute atomic E-state index is 0.0275. The van der Waals surface area contributed by atoms with E-state index in [0.717, 1.165) is 59.6 Å². The molecule has 7 aromatic rings. The number of carbonyl (C=O) groups excluding carboxylic acids is 8. The molecule has 1 saturated heterocycles. The van der Waals surface area contributed by atoms with Crippen molar-refractivity contribution in [3.05, 3.63) is 162 Å². The van der Waals surface area contributed by atoms with Crippen molar-refractivity contribution >= 4 is 101 Å². The van der Waals surface area contributed by atoms with Crippen LogP contribution in [-0.4, -0.2) is 124 Å². The summed E-state index contributed by atoms with van der Waals surface area (Å²) in [4.78, 5) is 124. The highest BCUT2D eigenvalue weighted by Gasteiger charge is 2.36. The Balaban J connectivity index is 1.14. The summed E-state index contributed by atoms with van der Waals surface area (Å²) in [6, 6.07) is 27.4. The first-order valence-corrected chi connectivity index (χ1v) is 31.0. The van der Waals surface area contributed by atoms with Gasteiger partial charge in [-0.05, 0) is 100 Å². The van der Waals surface area contributed by atoms with Gasteiger partial charge in [0.05, 0.1) is 6.04 Å². The van der Waals surface area contributed by atoms with Gasteiger partial charge in [0, 0.05) is 60.3 Å². The summed E-state index contributed by atoms with van der Waals surface area (Å²) in [5.74, 6) is -6.41. The van der Waals surface area contributed by atoms with Crippen molar-refractivity contribution in [2.24, 2.45) is 23.1 Å². The molecule has 0 bridgehead atoms. The lowest BCUT2D eigenvalue weighted by atomic mass is 10.00. The maximum absolute atomic E-state index is 15.0. The molecule has 0 saturated carbocycles. The number of H-pyrrole nitrogens is 1. The van der Waals surface area contributed by atoms with E-state index >= 15 is 0 Å². The van der Waals surface area contributed by atoms with Crippen molar-refractivity contribution < 1.29 is 38.4 Å². The van der Waals surface area contributed by atoms with Crippen molar-refractivity contribution in [1.82, 2.24) is 47.2 Å². The summed E-state index contributed by atoms with van der Waals surface area (Å²) >= 11 is 0. The van der Waals surface area contributed by atoms with Gasteiger partial charge in [-0.1, -0.05) is 145 Å². The molecule has 0 unspecified atom stereocenters. The fraction of sp³-hybridized carbons (Fsp3) is 0.349. The normalized spacial score (nSPS) is 20.3. The first-order chi connectivity index (χ1) is 41.0. The third-order valence-corrected chi connectivity index (χ3v) is 17.2. The Morgan fingerprint density at radius 1 is 0.635 bits per heavy atom. The topological polar surface area (TPSA) is 328 Å². The fourth-order valence-corrected chi connectivity index (χ4v) is 12.5. The molecule has 1 aliphatic heterocycles. The number of benzene rings is 5. The molecule has 1 aliphatic rings. The number of nitrogens with two attached hydrogens (primary N) is 3. The first kappa shape index (κ1) is 62.7. The number of unbranched alkanes of at least 4 members (excludes halogenated alkanes) is 1. The third-order valence-electron chi connectivity index (χ3n) is 14.8. The number of nitrogens with one attached hydrogen (secondary N) is 8. The molecule has 8 amide bonds. The SMILES string of the molecule is CC(C)C[C@@H]1NC(=O)[C@H](CCCCN)NC(=O)[C@@H](Cc2c[nH]c3ccccc23)NC(=O)[C@H](Cc2cccnc2)NC(=O)[C@H](NC(=O)[C@@H](N)Cc2ccc3ccccc3c2)CSSC[C@@H](C(=O)N[C@@H](Cc2ccc3ccccc3c2)C(N)=O)NC1=O. The summed E-state index contributed by atoms with van der Waals surface area (Å²) in [7, 11) is 2.18. The van der Waals surface area contributed by atoms with Gasteiger partial charge in [0.2, 0.25) is 47.3 Å². The summed E-state index contributed by atoms with van der Waals surface area (Å²) in [6.07, 6.45) is 5.94. The highest BCUT2D eigenvalue weighted by molar-refractivity contribution is 8.76. The van der Waals surface area contributed by atoms with Gasteiger partial charge in [-0.25, -0.2) is 0 Å². The lowest BCUT2D eigenvalue weighted by molar-refractivity contribution is -0.135. The Morgan fingerprint density at radius 2 is 1.22 bits per heavy atom. The van der Waals surface area contributed by atoms with Crippen LogP contribution in [0, 0.1) is 5.92 Å². The van der Waals surface area contributed by atoms with Gasteiger partial charge in [0.15, 0.2) is 0 Å². The number of para-hydroxylation sites is 1. The summed E-state index contributed by atoms with van der Waals surface area (Å²) in [6.45, 7) is 4.02. The van der Waals surface area contributed by atoms with E-state index in [4.69, 9.17) is 17.2 Å². The first-order valence-electron chi connectivity index (χ1n) is 28.5. The number of fused-ring (bicyclic) bond motifs is 3. The van der Waals surface area contributed by atoms with Crippen LogP contribution in [0.15, 0.2) is 140 Å². The van der Waals surface area contributed by atoms with Crippen LogP contribution in [0.3, 0.4) is 0 Å². The molecule has 8 rings (SSSR count). The number of hydrogen-bond donors (Lipinski definition) is 11. The van der Waals surface area contributed by atoms with E-state index in [-0.39, 0.29) is 55.9 Å². The van der Waals surface area contributed by atoms with Gasteiger partial charge in [-0.3, -0.25) is 43.3 Å². The van der Waals surface area contributed by atoms with Crippen molar-refractivity contribution in [1.29, 1.82) is 0 Å². The highest BCUT2D eigenvalue weighted by atomic mass is 33.1. The Morgan fingerprint density at radius 3 is 1.88 bits per heavy atom. The maximum atomic E-state index is 15.0. The van der Waals surface area contributed by atoms with Crippen LogP contribution in [0.1, 0.15) is 61.8 Å². The molecule has 85 heavy (non-hydrogen) atoms. The van der Waals surface area contributed by atoms with Gasteiger partial charge in [-0.15, -0.1) is 0 Å². The average Bonchev–Trinajstić information content (AvgIpc) is 4.17. The average molecular weight is 1190 g/mol. The molecule has 1 fully saturated rings. The molecular formula is C63H74N12O8S2. The number of nitrogens with zero attached hydrogens (tertiary/aromatic N) is 1. The molecule has 446 valence electrons. The van der Waals surface area contributed by atoms with Crippen LogP contribution in [0.5, 0.6) is 0 Å². The number of primary amides is 1. The number of aromatic amines is 1. The van der Waals surface area contributed by atoms with Gasteiger partial charge in [0.1, 0.15) is 42.3 Å². The molecule has 5 aromatic carbocycles. The van der Waals surface area contributed by atoms with E-state index in [0.29, 0.717) is 36.1 Å². The maximum Gasteiger partial charge on any atom is 0.244 e. The van der Waals surface area contributed by atoms with Crippen LogP contribution < -0.4 is 54.4 Å². The molecule has 14 N–H and O–H groups in total. The zero-order valence-corrected chi connectivity index (χ0v) is 49.1. The summed E-state index contributed by atoms with van der Waals surface area (Å²) in [5, 5.41) is 24.5. The third kappa shape index (κ3) is 17.9. The number of carbonyl (C=O) groups is 8. The molecule has 3 heterocycles. The predicted molar refractivity (Wildman–Crippen MR) is 333 cm³/mol. The number of hydrogen-bond acceptors (Lipinski definition) is 13. The second-order valence-electron chi connectivity index (χ2n) is 21.8. The van der Waals surface area contributed by atoms with Crippen LogP contribution in [0.25, 0.3) is 32.4 Å². The van der Waals surface area contributed by atoms with E-state index in [1.54, 1.807) is 30.7 Å².